The topological polar surface area (TPSA) is 64.6 Å². The number of halogens is 3. The first kappa shape index (κ1) is 27.4. The van der Waals surface area contributed by atoms with Crippen molar-refractivity contribution in [1.82, 2.24) is 5.32 Å². The van der Waals surface area contributed by atoms with E-state index >= 15 is 0 Å². The lowest BCUT2D eigenvalue weighted by Crippen LogP contribution is -2.53. The Kier molecular flexibility index (Phi) is 7.14. The van der Waals surface area contributed by atoms with E-state index in [0.717, 1.165) is 57.1 Å². The molecular weight excluding hydrogens is 519 g/mol. The average Bonchev–Trinajstić information content (AvgIpc) is 2.95. The quantitative estimate of drug-likeness (QED) is 0.170. The van der Waals surface area contributed by atoms with Gasteiger partial charge in [0.1, 0.15) is 6.10 Å². The van der Waals surface area contributed by atoms with Gasteiger partial charge in [0.2, 0.25) is 5.91 Å². The van der Waals surface area contributed by atoms with Gasteiger partial charge in [-0.05, 0) is 44.8 Å². The van der Waals surface area contributed by atoms with Crippen LogP contribution in [0.5, 0.6) is 0 Å². The number of rotatable bonds is 8. The van der Waals surface area contributed by atoms with Crippen LogP contribution in [0.4, 0.5) is 13.2 Å². The number of hydrogen-bond donors (Lipinski definition) is 1. The Bertz CT molecular complexity index is 1670. The number of benzene rings is 5. The molecule has 1 N–H and O–H groups in total. The second kappa shape index (κ2) is 10.4. The molecule has 0 aromatic heterocycles. The van der Waals surface area contributed by atoms with Crippen molar-refractivity contribution in [3.63, 3.8) is 0 Å². The molecule has 1 unspecified atom stereocenters. The predicted molar refractivity (Wildman–Crippen MR) is 148 cm³/mol. The second-order valence-corrected chi connectivity index (χ2v) is 9.95. The van der Waals surface area contributed by atoms with Crippen LogP contribution in [0.1, 0.15) is 25.0 Å². The van der Waals surface area contributed by atoms with Gasteiger partial charge < -0.3 is 14.8 Å². The second-order valence-electron chi connectivity index (χ2n) is 9.95. The summed E-state index contributed by atoms with van der Waals surface area (Å²) in [4.78, 5) is 26.0. The van der Waals surface area contributed by atoms with Crippen LogP contribution in [-0.4, -0.2) is 31.3 Å². The standard InChI is InChI=1S/C32H28F3NO4/c1-19(20(2)40-30(38)31(39-3,32(33,34)35)25-10-5-4-6-11-25)29(37)36-18-24-15-14-23-13-12-21-8-7-9-22-16-17-26(24)28(23)27(21)22/h4-17,19-20H,18H2,1-3H3,(H,36,37)/t19?,20-,31-/m1/s1. The molecule has 3 atom stereocenters. The largest absolute Gasteiger partial charge is 0.459 e. The van der Waals surface area contributed by atoms with Gasteiger partial charge >= 0.3 is 12.1 Å². The zero-order valence-corrected chi connectivity index (χ0v) is 22.2. The van der Waals surface area contributed by atoms with E-state index < -0.39 is 41.2 Å². The molecule has 5 rings (SSSR count). The molecule has 0 fully saturated rings. The first-order chi connectivity index (χ1) is 19.1. The summed E-state index contributed by atoms with van der Waals surface area (Å²) < 4.78 is 52.6. The normalized spacial score (nSPS) is 15.2. The van der Waals surface area contributed by atoms with Gasteiger partial charge in [-0.3, -0.25) is 4.79 Å². The molecular formula is C32H28F3NO4. The van der Waals surface area contributed by atoms with Gasteiger partial charge in [0.25, 0.3) is 5.60 Å². The van der Waals surface area contributed by atoms with Gasteiger partial charge in [-0.25, -0.2) is 4.79 Å². The van der Waals surface area contributed by atoms with Gasteiger partial charge in [-0.2, -0.15) is 13.2 Å². The summed E-state index contributed by atoms with van der Waals surface area (Å²) >= 11 is 0. The fraction of sp³-hybridized carbons (Fsp3) is 0.250. The van der Waals surface area contributed by atoms with E-state index in [0.29, 0.717) is 0 Å². The van der Waals surface area contributed by atoms with Crippen molar-refractivity contribution >= 4 is 44.2 Å². The lowest BCUT2D eigenvalue weighted by molar-refractivity contribution is -0.278. The van der Waals surface area contributed by atoms with Gasteiger partial charge in [0.15, 0.2) is 0 Å². The molecule has 5 aromatic rings. The summed E-state index contributed by atoms with van der Waals surface area (Å²) in [5.41, 5.74) is -2.83. The molecule has 0 aliphatic carbocycles. The maximum absolute atomic E-state index is 14.2. The molecule has 5 aromatic carbocycles. The number of carbonyl (C=O) groups is 2. The minimum Gasteiger partial charge on any atom is -0.459 e. The summed E-state index contributed by atoms with van der Waals surface area (Å²) in [7, 11) is 0.805. The molecule has 0 aliphatic rings. The number of alkyl halides is 3. The highest BCUT2D eigenvalue weighted by molar-refractivity contribution is 6.23. The van der Waals surface area contributed by atoms with Gasteiger partial charge in [0, 0.05) is 19.2 Å². The Morgan fingerprint density at radius 3 is 2.02 bits per heavy atom. The van der Waals surface area contributed by atoms with Gasteiger partial charge in [-0.1, -0.05) is 91.9 Å². The van der Waals surface area contributed by atoms with Crippen molar-refractivity contribution in [3.05, 3.63) is 96.1 Å². The zero-order valence-electron chi connectivity index (χ0n) is 22.2. The van der Waals surface area contributed by atoms with Crippen molar-refractivity contribution in [2.75, 3.05) is 7.11 Å². The molecule has 0 saturated heterocycles. The number of hydrogen-bond acceptors (Lipinski definition) is 4. The third kappa shape index (κ3) is 4.52. The molecule has 8 heteroatoms. The molecule has 0 bridgehead atoms. The van der Waals surface area contributed by atoms with E-state index in [1.807, 2.05) is 24.3 Å². The lowest BCUT2D eigenvalue weighted by Gasteiger charge is -2.34. The summed E-state index contributed by atoms with van der Waals surface area (Å²) in [6.07, 6.45) is -6.25. The molecule has 0 heterocycles. The van der Waals surface area contributed by atoms with Crippen LogP contribution in [0.15, 0.2) is 84.9 Å². The number of amides is 1. The van der Waals surface area contributed by atoms with Crippen LogP contribution in [-0.2, 0) is 31.2 Å². The van der Waals surface area contributed by atoms with Gasteiger partial charge in [-0.15, -0.1) is 0 Å². The van der Waals surface area contributed by atoms with Crippen molar-refractivity contribution < 1.29 is 32.2 Å². The summed E-state index contributed by atoms with van der Waals surface area (Å²) in [5, 5.41) is 9.48. The molecule has 1 amide bonds. The number of ether oxygens (including phenoxy) is 2. The highest BCUT2D eigenvalue weighted by Gasteiger charge is 2.64. The Labute approximate surface area is 229 Å². The summed E-state index contributed by atoms with van der Waals surface area (Å²) in [6, 6.07) is 24.9. The average molecular weight is 548 g/mol. The Morgan fingerprint density at radius 1 is 0.800 bits per heavy atom. The molecule has 5 nitrogen and oxygen atoms in total. The maximum atomic E-state index is 14.2. The first-order valence-corrected chi connectivity index (χ1v) is 12.9. The number of carbonyl (C=O) groups excluding carboxylic acids is 2. The fourth-order valence-corrected chi connectivity index (χ4v) is 5.25. The van der Waals surface area contributed by atoms with Crippen LogP contribution >= 0.6 is 0 Å². The highest BCUT2D eigenvalue weighted by Crippen LogP contribution is 2.43. The van der Waals surface area contributed by atoms with Gasteiger partial charge in [0.05, 0.1) is 5.92 Å². The van der Waals surface area contributed by atoms with Crippen molar-refractivity contribution in [1.29, 1.82) is 0 Å². The minimum absolute atomic E-state index is 0.201. The van der Waals surface area contributed by atoms with E-state index in [1.165, 1.54) is 32.0 Å². The Morgan fingerprint density at radius 2 is 1.40 bits per heavy atom. The maximum Gasteiger partial charge on any atom is 0.432 e. The Hall–Kier alpha value is -4.17. The number of nitrogens with one attached hydrogen (secondary N) is 1. The lowest BCUT2D eigenvalue weighted by atomic mass is 9.92. The van der Waals surface area contributed by atoms with Crippen molar-refractivity contribution in [2.45, 2.75) is 38.3 Å². The van der Waals surface area contributed by atoms with E-state index in [9.17, 15) is 22.8 Å². The zero-order chi connectivity index (χ0) is 28.7. The third-order valence-corrected chi connectivity index (χ3v) is 7.66. The molecule has 40 heavy (non-hydrogen) atoms. The molecule has 0 saturated carbocycles. The third-order valence-electron chi connectivity index (χ3n) is 7.66. The SMILES string of the molecule is CO[C@@](C(=O)O[C@H](C)C(C)C(=O)NCc1ccc2ccc3cccc4ccc1c2c34)(c1ccccc1)C(F)(F)F. The van der Waals surface area contributed by atoms with Crippen LogP contribution in [0, 0.1) is 5.92 Å². The van der Waals surface area contributed by atoms with Crippen LogP contribution in [0.2, 0.25) is 0 Å². The monoisotopic (exact) mass is 547 g/mol. The summed E-state index contributed by atoms with van der Waals surface area (Å²) in [6.45, 7) is 3.09. The first-order valence-electron chi connectivity index (χ1n) is 12.9. The van der Waals surface area contributed by atoms with E-state index in [2.05, 4.69) is 35.6 Å². The molecule has 0 spiro atoms. The number of esters is 1. The van der Waals surface area contributed by atoms with Crippen molar-refractivity contribution in [2.24, 2.45) is 5.92 Å². The molecule has 206 valence electrons. The fourth-order valence-electron chi connectivity index (χ4n) is 5.25. The minimum atomic E-state index is -5.10. The van der Waals surface area contributed by atoms with E-state index in [4.69, 9.17) is 9.47 Å². The van der Waals surface area contributed by atoms with E-state index in [1.54, 1.807) is 0 Å². The van der Waals surface area contributed by atoms with Crippen LogP contribution in [0.25, 0.3) is 32.3 Å². The smallest absolute Gasteiger partial charge is 0.432 e. The molecule has 0 radical (unpaired) electrons. The predicted octanol–water partition coefficient (Wildman–Crippen LogP) is 6.87. The summed E-state index contributed by atoms with van der Waals surface area (Å²) in [5.74, 6) is -3.02. The van der Waals surface area contributed by atoms with Crippen LogP contribution < -0.4 is 5.32 Å². The van der Waals surface area contributed by atoms with E-state index in [-0.39, 0.29) is 6.54 Å². The Balaban J connectivity index is 1.33. The molecule has 0 aliphatic heterocycles. The van der Waals surface area contributed by atoms with Crippen molar-refractivity contribution in [3.8, 4) is 0 Å². The van der Waals surface area contributed by atoms with Crippen LogP contribution in [0.3, 0.4) is 0 Å². The number of methoxy groups -OCH3 is 1. The highest BCUT2D eigenvalue weighted by atomic mass is 19.4.